The molecule has 0 aromatic rings. The van der Waals surface area contributed by atoms with E-state index < -0.39 is 0 Å². The lowest BCUT2D eigenvalue weighted by atomic mass is 10.6. The fraction of sp³-hybridized carbons (Fsp3) is 0.429. The molecule has 0 aliphatic heterocycles. The highest BCUT2D eigenvalue weighted by Gasteiger charge is 1.35. The maximum atomic E-state index is 3.37. The maximum Gasteiger partial charge on any atom is 0.00275 e. The number of hydrogen-bond acceptors (Lipinski definition) is 1. The van der Waals surface area contributed by atoms with Crippen LogP contribution >= 0.6 is 0 Å². The molecule has 0 amide bonds. The smallest absolute Gasteiger partial charge is 0.00275 e. The zero-order valence-corrected chi connectivity index (χ0v) is 5.94. The first-order chi connectivity index (χ1) is 3.83. The number of rotatable bonds is 1. The molecule has 0 saturated heterocycles. The second kappa shape index (κ2) is 16.3. The van der Waals surface area contributed by atoms with Gasteiger partial charge in [-0.2, -0.15) is 0 Å². The molecule has 0 bridgehead atoms. The molecule has 1 nitrogen and oxygen atoms in total. The van der Waals surface area contributed by atoms with Crippen molar-refractivity contribution in [2.45, 2.75) is 13.8 Å². The van der Waals surface area contributed by atoms with E-state index >= 15 is 0 Å². The summed E-state index contributed by atoms with van der Waals surface area (Å²) >= 11 is 0. The molecular formula is C7H15N. The van der Waals surface area contributed by atoms with E-state index in [1.807, 2.05) is 33.0 Å². The summed E-state index contributed by atoms with van der Waals surface area (Å²) in [4.78, 5) is 0. The van der Waals surface area contributed by atoms with E-state index in [1.54, 1.807) is 6.20 Å². The van der Waals surface area contributed by atoms with Crippen LogP contribution in [0.4, 0.5) is 0 Å². The van der Waals surface area contributed by atoms with Crippen LogP contribution in [-0.2, 0) is 0 Å². The molecule has 0 spiro atoms. The van der Waals surface area contributed by atoms with Crippen LogP contribution in [0.5, 0.6) is 0 Å². The number of nitrogens with one attached hydrogen (secondary N) is 1. The molecule has 0 saturated carbocycles. The van der Waals surface area contributed by atoms with Crippen molar-refractivity contribution >= 4 is 0 Å². The Morgan fingerprint density at radius 3 is 1.50 bits per heavy atom. The lowest BCUT2D eigenvalue weighted by molar-refractivity contribution is 1.11. The summed E-state index contributed by atoms with van der Waals surface area (Å²) < 4.78 is 0. The highest BCUT2D eigenvalue weighted by molar-refractivity contribution is 4.68. The highest BCUT2D eigenvalue weighted by Crippen LogP contribution is 1.57. The van der Waals surface area contributed by atoms with Gasteiger partial charge in [-0.1, -0.05) is 18.7 Å². The van der Waals surface area contributed by atoms with Crippen molar-refractivity contribution in [1.29, 1.82) is 0 Å². The van der Waals surface area contributed by atoms with Crippen molar-refractivity contribution in [3.8, 4) is 0 Å². The summed E-state index contributed by atoms with van der Waals surface area (Å²) in [7, 11) is 1.81. The summed E-state index contributed by atoms with van der Waals surface area (Å²) in [5.41, 5.74) is 0. The standard InChI is InChI=1S/C4H8.C3H7N/c2*1-3-4-2/h3-4H,1-2H3;3-4H,1H2,2H3/b4-3+;. The third-order valence-corrected chi connectivity index (χ3v) is 0.537. The molecule has 0 unspecified atom stereocenters. The van der Waals surface area contributed by atoms with Gasteiger partial charge < -0.3 is 5.32 Å². The van der Waals surface area contributed by atoms with Gasteiger partial charge in [0, 0.05) is 7.05 Å². The minimum Gasteiger partial charge on any atom is -0.394 e. The van der Waals surface area contributed by atoms with Crippen LogP contribution in [0.15, 0.2) is 24.9 Å². The lowest BCUT2D eigenvalue weighted by Crippen LogP contribution is -1.87. The SMILES string of the molecule is C/C=C/C.C=CNC. The molecule has 1 N–H and O–H groups in total. The molecule has 0 heterocycles. The molecular weight excluding hydrogens is 98.1 g/mol. The average Bonchev–Trinajstić information content (AvgIpc) is 1.88. The van der Waals surface area contributed by atoms with E-state index in [4.69, 9.17) is 0 Å². The molecule has 1 heteroatoms. The zero-order chi connectivity index (χ0) is 6.83. The first kappa shape index (κ1) is 10.3. The fourth-order valence-corrected chi connectivity index (χ4v) is 0. The zero-order valence-electron chi connectivity index (χ0n) is 5.94. The van der Waals surface area contributed by atoms with Crippen molar-refractivity contribution in [1.82, 2.24) is 5.32 Å². The molecule has 0 radical (unpaired) electrons. The predicted octanol–water partition coefficient (Wildman–Crippen LogP) is 1.93. The Morgan fingerprint density at radius 2 is 1.50 bits per heavy atom. The Hall–Kier alpha value is -0.720. The Kier molecular flexibility index (Phi) is 20.9. The Balaban J connectivity index is 0. The van der Waals surface area contributed by atoms with Crippen molar-refractivity contribution in [3.05, 3.63) is 24.9 Å². The van der Waals surface area contributed by atoms with Gasteiger partial charge in [-0.05, 0) is 20.0 Å². The van der Waals surface area contributed by atoms with Gasteiger partial charge in [-0.15, -0.1) is 0 Å². The quantitative estimate of drug-likeness (QED) is 0.512. The molecule has 0 aliphatic carbocycles. The molecule has 8 heavy (non-hydrogen) atoms. The third-order valence-electron chi connectivity index (χ3n) is 0.537. The summed E-state index contributed by atoms with van der Waals surface area (Å²) in [5, 5.41) is 2.69. The monoisotopic (exact) mass is 113 g/mol. The summed E-state index contributed by atoms with van der Waals surface area (Å²) in [6, 6.07) is 0. The predicted molar refractivity (Wildman–Crippen MR) is 39.7 cm³/mol. The molecule has 0 fully saturated rings. The van der Waals surface area contributed by atoms with Gasteiger partial charge in [0.05, 0.1) is 0 Å². The molecule has 0 aromatic heterocycles. The number of allylic oxidation sites excluding steroid dienone is 2. The van der Waals surface area contributed by atoms with E-state index in [1.165, 1.54) is 0 Å². The van der Waals surface area contributed by atoms with Crippen LogP contribution < -0.4 is 5.32 Å². The maximum absolute atomic E-state index is 3.37. The van der Waals surface area contributed by atoms with Crippen LogP contribution in [-0.4, -0.2) is 7.05 Å². The largest absolute Gasteiger partial charge is 0.394 e. The van der Waals surface area contributed by atoms with E-state index in [2.05, 4.69) is 11.9 Å². The van der Waals surface area contributed by atoms with Gasteiger partial charge >= 0.3 is 0 Å². The van der Waals surface area contributed by atoms with Gasteiger partial charge in [0.2, 0.25) is 0 Å². The molecule has 48 valence electrons. The van der Waals surface area contributed by atoms with Crippen molar-refractivity contribution in [3.63, 3.8) is 0 Å². The van der Waals surface area contributed by atoms with Crippen molar-refractivity contribution in [2.75, 3.05) is 7.05 Å². The second-order valence-electron chi connectivity index (χ2n) is 1.16. The van der Waals surface area contributed by atoms with Crippen LogP contribution in [0, 0.1) is 0 Å². The lowest BCUT2D eigenvalue weighted by Gasteiger charge is -1.70. The molecule has 0 aromatic carbocycles. The summed E-state index contributed by atoms with van der Waals surface area (Å²) in [6.45, 7) is 7.37. The molecule has 0 aliphatic rings. The average molecular weight is 113 g/mol. The van der Waals surface area contributed by atoms with Crippen LogP contribution in [0.25, 0.3) is 0 Å². The van der Waals surface area contributed by atoms with Crippen molar-refractivity contribution < 1.29 is 0 Å². The van der Waals surface area contributed by atoms with Gasteiger partial charge in [-0.25, -0.2) is 0 Å². The molecule has 0 atom stereocenters. The Labute approximate surface area is 52.1 Å². The Morgan fingerprint density at radius 1 is 1.25 bits per heavy atom. The topological polar surface area (TPSA) is 12.0 Å². The van der Waals surface area contributed by atoms with E-state index in [0.717, 1.165) is 0 Å². The van der Waals surface area contributed by atoms with Gasteiger partial charge in [0.15, 0.2) is 0 Å². The van der Waals surface area contributed by atoms with E-state index in [9.17, 15) is 0 Å². The minimum atomic E-state index is 1.62. The minimum absolute atomic E-state index is 1.62. The van der Waals surface area contributed by atoms with Gasteiger partial charge in [0.25, 0.3) is 0 Å². The normalized spacial score (nSPS) is 7.38. The first-order valence-corrected chi connectivity index (χ1v) is 2.68. The Bertz CT molecular complexity index is 51.4. The number of hydrogen-bond donors (Lipinski definition) is 1. The molecule has 0 rings (SSSR count). The second-order valence-corrected chi connectivity index (χ2v) is 1.16. The summed E-state index contributed by atoms with van der Waals surface area (Å²) in [5.74, 6) is 0. The first-order valence-electron chi connectivity index (χ1n) is 2.68. The third kappa shape index (κ3) is 59.0. The van der Waals surface area contributed by atoms with Gasteiger partial charge in [-0.3, -0.25) is 0 Å². The van der Waals surface area contributed by atoms with E-state index in [0.29, 0.717) is 0 Å². The van der Waals surface area contributed by atoms with Crippen molar-refractivity contribution in [2.24, 2.45) is 0 Å². The van der Waals surface area contributed by atoms with Gasteiger partial charge in [0.1, 0.15) is 0 Å². The fourth-order valence-electron chi connectivity index (χ4n) is 0. The van der Waals surface area contributed by atoms with Crippen LogP contribution in [0.2, 0.25) is 0 Å². The van der Waals surface area contributed by atoms with Crippen LogP contribution in [0.3, 0.4) is 0 Å². The van der Waals surface area contributed by atoms with Crippen LogP contribution in [0.1, 0.15) is 13.8 Å². The highest BCUT2D eigenvalue weighted by atomic mass is 14.8. The van der Waals surface area contributed by atoms with E-state index in [-0.39, 0.29) is 0 Å². The summed E-state index contributed by atoms with van der Waals surface area (Å²) in [6.07, 6.45) is 5.62.